The molecule has 1 aliphatic rings. The fourth-order valence-electron chi connectivity index (χ4n) is 2.01. The van der Waals surface area contributed by atoms with E-state index in [-0.39, 0.29) is 5.41 Å². The zero-order valence-electron chi connectivity index (χ0n) is 10.4. The Morgan fingerprint density at radius 2 is 2.00 bits per heavy atom. The second-order valence-corrected chi connectivity index (χ2v) is 4.99. The van der Waals surface area contributed by atoms with Crippen LogP contribution in [0.2, 0.25) is 0 Å². The predicted molar refractivity (Wildman–Crippen MR) is 70.8 cm³/mol. The fraction of sp³-hybridized carbons (Fsp3) is 0.312. The molecule has 1 aliphatic carbocycles. The number of allylic oxidation sites excluding steroid dienone is 4. The van der Waals surface area contributed by atoms with E-state index in [1.807, 2.05) is 49.4 Å². The number of carbonyl (C=O) groups is 1. The quantitative estimate of drug-likeness (QED) is 0.768. The Morgan fingerprint density at radius 3 is 2.59 bits per heavy atom. The first-order valence-corrected chi connectivity index (χ1v) is 6.03. The summed E-state index contributed by atoms with van der Waals surface area (Å²) in [6.07, 6.45) is 7.58. The van der Waals surface area contributed by atoms with Gasteiger partial charge in [0.2, 0.25) is 0 Å². The van der Waals surface area contributed by atoms with Crippen molar-refractivity contribution in [1.29, 1.82) is 0 Å². The molecular formula is C16H18O. The molecule has 0 aliphatic heterocycles. The highest BCUT2D eigenvalue weighted by atomic mass is 16.1. The summed E-state index contributed by atoms with van der Waals surface area (Å²) in [4.78, 5) is 12.3. The zero-order chi connectivity index (χ0) is 12.3. The average molecular weight is 226 g/mol. The summed E-state index contributed by atoms with van der Waals surface area (Å²) in [7, 11) is 0. The molecule has 0 radical (unpaired) electrons. The smallest absolute Gasteiger partial charge is 0.147 e. The molecule has 1 atom stereocenters. The van der Waals surface area contributed by atoms with E-state index in [0.29, 0.717) is 12.2 Å². The number of rotatable bonds is 3. The summed E-state index contributed by atoms with van der Waals surface area (Å²) in [5.74, 6) is 0.295. The normalized spacial score (nSPS) is 23.3. The molecule has 1 heteroatoms. The summed E-state index contributed by atoms with van der Waals surface area (Å²) < 4.78 is 0. The van der Waals surface area contributed by atoms with Crippen molar-refractivity contribution in [1.82, 2.24) is 0 Å². The molecule has 0 saturated heterocycles. The molecule has 88 valence electrons. The van der Waals surface area contributed by atoms with Crippen molar-refractivity contribution in [2.45, 2.75) is 26.7 Å². The third kappa shape index (κ3) is 2.73. The van der Waals surface area contributed by atoms with Gasteiger partial charge in [0.15, 0.2) is 0 Å². The summed E-state index contributed by atoms with van der Waals surface area (Å²) in [6.45, 7) is 4.09. The van der Waals surface area contributed by atoms with Gasteiger partial charge in [0, 0.05) is 11.8 Å². The monoisotopic (exact) mass is 226 g/mol. The minimum absolute atomic E-state index is 0.295. The van der Waals surface area contributed by atoms with Gasteiger partial charge in [-0.25, -0.2) is 0 Å². The summed E-state index contributed by atoms with van der Waals surface area (Å²) in [5.41, 5.74) is 2.02. The van der Waals surface area contributed by atoms with Crippen LogP contribution in [-0.2, 0) is 11.2 Å². The van der Waals surface area contributed by atoms with Crippen LogP contribution in [0.3, 0.4) is 0 Å². The van der Waals surface area contributed by atoms with Crippen molar-refractivity contribution >= 4 is 5.78 Å². The summed E-state index contributed by atoms with van der Waals surface area (Å²) in [6, 6.07) is 9.95. The third-order valence-corrected chi connectivity index (χ3v) is 3.41. The van der Waals surface area contributed by atoms with Crippen LogP contribution in [-0.4, -0.2) is 5.78 Å². The first kappa shape index (κ1) is 11.8. The molecule has 0 fully saturated rings. The van der Waals surface area contributed by atoms with E-state index in [2.05, 4.69) is 13.0 Å². The van der Waals surface area contributed by atoms with Crippen molar-refractivity contribution in [2.24, 2.45) is 5.41 Å². The molecule has 0 amide bonds. The van der Waals surface area contributed by atoms with E-state index >= 15 is 0 Å². The zero-order valence-corrected chi connectivity index (χ0v) is 10.4. The van der Waals surface area contributed by atoms with Gasteiger partial charge in [0.1, 0.15) is 5.78 Å². The Hall–Kier alpha value is -1.63. The Kier molecular flexibility index (Phi) is 3.28. The van der Waals surface area contributed by atoms with Crippen LogP contribution in [0, 0.1) is 5.41 Å². The maximum Gasteiger partial charge on any atom is 0.147 e. The molecule has 0 N–H and O–H groups in total. The van der Waals surface area contributed by atoms with E-state index in [1.165, 1.54) is 5.57 Å². The van der Waals surface area contributed by atoms with Crippen LogP contribution >= 0.6 is 0 Å². The number of benzene rings is 1. The van der Waals surface area contributed by atoms with Crippen molar-refractivity contribution < 1.29 is 4.79 Å². The van der Waals surface area contributed by atoms with Crippen LogP contribution in [0.1, 0.15) is 25.8 Å². The molecule has 0 heterocycles. The van der Waals surface area contributed by atoms with Crippen LogP contribution in [0.5, 0.6) is 0 Å². The van der Waals surface area contributed by atoms with Crippen molar-refractivity contribution in [3.05, 3.63) is 59.7 Å². The molecule has 2 rings (SSSR count). The SMILES string of the molecule is CC1=CC[C@@](C)(C(=O)Cc2ccccc2)C=C1. The number of hydrogen-bond acceptors (Lipinski definition) is 1. The van der Waals surface area contributed by atoms with Gasteiger partial charge in [-0.2, -0.15) is 0 Å². The number of ketones is 1. The first-order valence-electron chi connectivity index (χ1n) is 6.03. The molecule has 17 heavy (non-hydrogen) atoms. The Balaban J connectivity index is 2.09. The average Bonchev–Trinajstić information content (AvgIpc) is 2.34. The Morgan fingerprint density at radius 1 is 1.29 bits per heavy atom. The largest absolute Gasteiger partial charge is 0.298 e. The Bertz CT molecular complexity index is 468. The van der Waals surface area contributed by atoms with Crippen LogP contribution in [0.4, 0.5) is 0 Å². The van der Waals surface area contributed by atoms with Gasteiger partial charge in [0.25, 0.3) is 0 Å². The summed E-state index contributed by atoms with van der Waals surface area (Å²) in [5, 5.41) is 0. The van der Waals surface area contributed by atoms with Gasteiger partial charge in [-0.15, -0.1) is 0 Å². The highest BCUT2D eigenvalue weighted by molar-refractivity contribution is 5.88. The van der Waals surface area contributed by atoms with Gasteiger partial charge in [0.05, 0.1) is 0 Å². The maximum atomic E-state index is 12.3. The molecule has 1 aromatic rings. The minimum Gasteiger partial charge on any atom is -0.298 e. The molecule has 1 aromatic carbocycles. The number of hydrogen-bond donors (Lipinski definition) is 0. The topological polar surface area (TPSA) is 17.1 Å². The van der Waals surface area contributed by atoms with E-state index in [9.17, 15) is 4.79 Å². The highest BCUT2D eigenvalue weighted by Crippen LogP contribution is 2.31. The van der Waals surface area contributed by atoms with Crippen LogP contribution < -0.4 is 0 Å². The highest BCUT2D eigenvalue weighted by Gasteiger charge is 2.30. The second-order valence-electron chi connectivity index (χ2n) is 4.99. The number of Topliss-reactive ketones (excluding diaryl/α,β-unsaturated/α-hetero) is 1. The van der Waals surface area contributed by atoms with E-state index in [1.54, 1.807) is 0 Å². The lowest BCUT2D eigenvalue weighted by molar-refractivity contribution is -0.124. The maximum absolute atomic E-state index is 12.3. The molecule has 0 unspecified atom stereocenters. The summed E-state index contributed by atoms with van der Waals surface area (Å²) >= 11 is 0. The lowest BCUT2D eigenvalue weighted by Crippen LogP contribution is -2.28. The second kappa shape index (κ2) is 4.70. The number of carbonyl (C=O) groups excluding carboxylic acids is 1. The van der Waals surface area contributed by atoms with E-state index in [0.717, 1.165) is 12.0 Å². The van der Waals surface area contributed by atoms with Gasteiger partial charge in [-0.1, -0.05) is 54.1 Å². The standard InChI is InChI=1S/C16H18O/c1-13-8-10-16(2,11-9-13)15(17)12-14-6-4-3-5-7-14/h3-10H,11-12H2,1-2H3/t16-/m0/s1. The van der Waals surface area contributed by atoms with Crippen LogP contribution in [0.15, 0.2) is 54.1 Å². The van der Waals surface area contributed by atoms with Gasteiger partial charge >= 0.3 is 0 Å². The van der Waals surface area contributed by atoms with Gasteiger partial charge < -0.3 is 0 Å². The lowest BCUT2D eigenvalue weighted by atomic mass is 9.76. The first-order chi connectivity index (χ1) is 8.10. The van der Waals surface area contributed by atoms with Gasteiger partial charge in [-0.3, -0.25) is 4.79 Å². The molecule has 0 aromatic heterocycles. The van der Waals surface area contributed by atoms with Gasteiger partial charge in [-0.05, 0) is 25.8 Å². The molecular weight excluding hydrogens is 208 g/mol. The fourth-order valence-corrected chi connectivity index (χ4v) is 2.01. The molecule has 0 spiro atoms. The predicted octanol–water partition coefficient (Wildman–Crippen LogP) is 3.71. The van der Waals surface area contributed by atoms with Crippen molar-refractivity contribution in [3.8, 4) is 0 Å². The van der Waals surface area contributed by atoms with Crippen LogP contribution in [0.25, 0.3) is 0 Å². The third-order valence-electron chi connectivity index (χ3n) is 3.41. The van der Waals surface area contributed by atoms with E-state index < -0.39 is 0 Å². The van der Waals surface area contributed by atoms with Crippen molar-refractivity contribution in [3.63, 3.8) is 0 Å². The molecule has 0 saturated carbocycles. The van der Waals surface area contributed by atoms with Crippen molar-refractivity contribution in [2.75, 3.05) is 0 Å². The molecule has 1 nitrogen and oxygen atoms in total. The lowest BCUT2D eigenvalue weighted by Gasteiger charge is -2.26. The minimum atomic E-state index is -0.324. The Labute approximate surface area is 103 Å². The van der Waals surface area contributed by atoms with E-state index in [4.69, 9.17) is 0 Å². The molecule has 0 bridgehead atoms.